The second-order valence-electron chi connectivity index (χ2n) is 5.19. The van der Waals surface area contributed by atoms with E-state index in [2.05, 4.69) is 45.0 Å². The van der Waals surface area contributed by atoms with Gasteiger partial charge < -0.3 is 5.73 Å². The van der Waals surface area contributed by atoms with Gasteiger partial charge in [-0.2, -0.15) is 0 Å². The van der Waals surface area contributed by atoms with Gasteiger partial charge in [0.05, 0.1) is 0 Å². The standard InChI is InChI=1S/C14H19NS/c1-10-11-6-4-5-7-12(11)16-13(10)8-14(2,3)9-15/h4-7H,8-9,15H2,1-3H3. The molecule has 1 heterocycles. The highest BCUT2D eigenvalue weighted by molar-refractivity contribution is 7.19. The molecule has 0 radical (unpaired) electrons. The fourth-order valence-corrected chi connectivity index (χ4v) is 3.37. The molecule has 2 heteroatoms. The minimum atomic E-state index is 0.200. The quantitative estimate of drug-likeness (QED) is 0.858. The summed E-state index contributed by atoms with van der Waals surface area (Å²) in [7, 11) is 0. The van der Waals surface area contributed by atoms with Gasteiger partial charge in [-0.15, -0.1) is 11.3 Å². The molecule has 0 saturated heterocycles. The molecule has 2 aromatic rings. The Morgan fingerprint density at radius 2 is 1.94 bits per heavy atom. The third kappa shape index (κ3) is 2.13. The summed E-state index contributed by atoms with van der Waals surface area (Å²) in [6, 6.07) is 8.63. The van der Waals surface area contributed by atoms with Gasteiger partial charge in [-0.1, -0.05) is 32.0 Å². The van der Waals surface area contributed by atoms with Crippen LogP contribution in [0.15, 0.2) is 24.3 Å². The highest BCUT2D eigenvalue weighted by atomic mass is 32.1. The van der Waals surface area contributed by atoms with Gasteiger partial charge in [0.2, 0.25) is 0 Å². The Morgan fingerprint density at radius 3 is 2.56 bits per heavy atom. The molecule has 0 aliphatic rings. The van der Waals surface area contributed by atoms with Crippen molar-refractivity contribution in [2.45, 2.75) is 27.2 Å². The first-order valence-electron chi connectivity index (χ1n) is 5.70. The third-order valence-electron chi connectivity index (χ3n) is 3.13. The molecule has 0 atom stereocenters. The fraction of sp³-hybridized carbons (Fsp3) is 0.429. The molecule has 0 aliphatic heterocycles. The number of aryl methyl sites for hydroxylation is 1. The maximum absolute atomic E-state index is 5.80. The van der Waals surface area contributed by atoms with E-state index in [0.29, 0.717) is 0 Å². The first-order valence-corrected chi connectivity index (χ1v) is 6.52. The summed E-state index contributed by atoms with van der Waals surface area (Å²) in [5.41, 5.74) is 7.44. The zero-order chi connectivity index (χ0) is 11.8. The number of rotatable bonds is 3. The Kier molecular flexibility index (Phi) is 3.04. The van der Waals surface area contributed by atoms with E-state index >= 15 is 0 Å². The van der Waals surface area contributed by atoms with Crippen molar-refractivity contribution in [2.75, 3.05) is 6.54 Å². The number of benzene rings is 1. The Labute approximate surface area is 101 Å². The van der Waals surface area contributed by atoms with Crippen LogP contribution in [0, 0.1) is 12.3 Å². The summed E-state index contributed by atoms with van der Waals surface area (Å²) in [5.74, 6) is 0. The molecule has 1 aromatic heterocycles. The van der Waals surface area contributed by atoms with Crippen LogP contribution < -0.4 is 5.73 Å². The van der Waals surface area contributed by atoms with Crippen molar-refractivity contribution in [3.05, 3.63) is 34.7 Å². The second-order valence-corrected chi connectivity index (χ2v) is 6.33. The molecule has 16 heavy (non-hydrogen) atoms. The molecule has 1 nitrogen and oxygen atoms in total. The average Bonchev–Trinajstić information content (AvgIpc) is 2.56. The lowest BCUT2D eigenvalue weighted by Gasteiger charge is -2.21. The van der Waals surface area contributed by atoms with E-state index < -0.39 is 0 Å². The van der Waals surface area contributed by atoms with E-state index in [4.69, 9.17) is 5.73 Å². The van der Waals surface area contributed by atoms with E-state index in [9.17, 15) is 0 Å². The number of hydrogen-bond donors (Lipinski definition) is 1. The predicted molar refractivity (Wildman–Crippen MR) is 73.1 cm³/mol. The van der Waals surface area contributed by atoms with Crippen molar-refractivity contribution < 1.29 is 0 Å². The van der Waals surface area contributed by atoms with Crippen molar-refractivity contribution in [1.29, 1.82) is 0 Å². The number of hydrogen-bond acceptors (Lipinski definition) is 2. The van der Waals surface area contributed by atoms with Crippen LogP contribution in [0.4, 0.5) is 0 Å². The normalized spacial score (nSPS) is 12.2. The number of nitrogens with two attached hydrogens (primary N) is 1. The van der Waals surface area contributed by atoms with E-state index in [-0.39, 0.29) is 5.41 Å². The molecule has 0 spiro atoms. The molecule has 0 unspecified atom stereocenters. The molecule has 0 fully saturated rings. The summed E-state index contributed by atoms with van der Waals surface area (Å²) in [6.45, 7) is 7.43. The summed E-state index contributed by atoms with van der Waals surface area (Å²) in [6.07, 6.45) is 1.08. The smallest absolute Gasteiger partial charge is 0.0348 e. The molecule has 86 valence electrons. The Bertz CT molecular complexity index is 496. The van der Waals surface area contributed by atoms with Gasteiger partial charge in [0.1, 0.15) is 0 Å². The molecule has 0 saturated carbocycles. The summed E-state index contributed by atoms with van der Waals surface area (Å²) in [5, 5.41) is 1.40. The molecule has 0 bridgehead atoms. The average molecular weight is 233 g/mol. The first kappa shape index (κ1) is 11.6. The lowest BCUT2D eigenvalue weighted by molar-refractivity contribution is 0.379. The lowest BCUT2D eigenvalue weighted by Crippen LogP contribution is -2.25. The van der Waals surface area contributed by atoms with Crippen molar-refractivity contribution in [3.63, 3.8) is 0 Å². The van der Waals surface area contributed by atoms with Gasteiger partial charge in [-0.05, 0) is 42.3 Å². The molecular formula is C14H19NS. The van der Waals surface area contributed by atoms with Crippen molar-refractivity contribution >= 4 is 21.4 Å². The minimum Gasteiger partial charge on any atom is -0.330 e. The van der Waals surface area contributed by atoms with E-state index in [1.165, 1.54) is 20.5 Å². The highest BCUT2D eigenvalue weighted by Crippen LogP contribution is 2.34. The summed E-state index contributed by atoms with van der Waals surface area (Å²) >= 11 is 1.91. The summed E-state index contributed by atoms with van der Waals surface area (Å²) in [4.78, 5) is 1.48. The predicted octanol–water partition coefficient (Wildman–Crippen LogP) is 3.74. The van der Waals surface area contributed by atoms with Crippen LogP contribution in [0.2, 0.25) is 0 Å². The van der Waals surface area contributed by atoms with Crippen molar-refractivity contribution in [3.8, 4) is 0 Å². The SMILES string of the molecule is Cc1c(CC(C)(C)CN)sc2ccccc12. The minimum absolute atomic E-state index is 0.200. The van der Waals surface area contributed by atoms with Gasteiger partial charge in [-0.25, -0.2) is 0 Å². The first-order chi connectivity index (χ1) is 7.53. The molecule has 0 amide bonds. The number of fused-ring (bicyclic) bond motifs is 1. The van der Waals surface area contributed by atoms with Crippen LogP contribution in [-0.4, -0.2) is 6.54 Å². The van der Waals surface area contributed by atoms with Crippen LogP contribution in [0.5, 0.6) is 0 Å². The fourth-order valence-electron chi connectivity index (χ4n) is 1.90. The molecule has 0 aliphatic carbocycles. The van der Waals surface area contributed by atoms with E-state index in [1.807, 2.05) is 11.3 Å². The molecule has 2 rings (SSSR count). The monoisotopic (exact) mass is 233 g/mol. The third-order valence-corrected chi connectivity index (χ3v) is 4.41. The maximum atomic E-state index is 5.80. The largest absolute Gasteiger partial charge is 0.330 e. The van der Waals surface area contributed by atoms with Gasteiger partial charge >= 0.3 is 0 Å². The molecule has 1 aromatic carbocycles. The second kappa shape index (κ2) is 4.19. The van der Waals surface area contributed by atoms with E-state index in [1.54, 1.807) is 0 Å². The highest BCUT2D eigenvalue weighted by Gasteiger charge is 2.19. The lowest BCUT2D eigenvalue weighted by atomic mass is 9.88. The van der Waals surface area contributed by atoms with Crippen LogP contribution in [0.25, 0.3) is 10.1 Å². The van der Waals surface area contributed by atoms with Crippen LogP contribution in [0.3, 0.4) is 0 Å². The Balaban J connectivity index is 2.42. The Morgan fingerprint density at radius 1 is 1.25 bits per heavy atom. The van der Waals surface area contributed by atoms with Crippen LogP contribution >= 0.6 is 11.3 Å². The maximum Gasteiger partial charge on any atom is 0.0348 e. The van der Waals surface area contributed by atoms with Crippen LogP contribution in [-0.2, 0) is 6.42 Å². The zero-order valence-corrected chi connectivity index (χ0v) is 11.0. The molecule has 2 N–H and O–H groups in total. The number of thiophene rings is 1. The van der Waals surface area contributed by atoms with Gasteiger partial charge in [0.25, 0.3) is 0 Å². The zero-order valence-electron chi connectivity index (χ0n) is 10.2. The Hall–Kier alpha value is -0.860. The van der Waals surface area contributed by atoms with Gasteiger partial charge in [0.15, 0.2) is 0 Å². The van der Waals surface area contributed by atoms with E-state index in [0.717, 1.165) is 13.0 Å². The van der Waals surface area contributed by atoms with Crippen molar-refractivity contribution in [2.24, 2.45) is 11.1 Å². The van der Waals surface area contributed by atoms with Crippen LogP contribution in [0.1, 0.15) is 24.3 Å². The van der Waals surface area contributed by atoms with Gasteiger partial charge in [0, 0.05) is 9.58 Å². The van der Waals surface area contributed by atoms with Gasteiger partial charge in [-0.3, -0.25) is 0 Å². The molecular weight excluding hydrogens is 214 g/mol. The van der Waals surface area contributed by atoms with Crippen molar-refractivity contribution in [1.82, 2.24) is 0 Å². The summed E-state index contributed by atoms with van der Waals surface area (Å²) < 4.78 is 1.39. The topological polar surface area (TPSA) is 26.0 Å².